The average Bonchev–Trinajstić information content (AvgIpc) is 3.06. The summed E-state index contributed by atoms with van der Waals surface area (Å²) >= 11 is 5.27. The average molecular weight is 371 g/mol. The van der Waals surface area contributed by atoms with E-state index in [1.165, 1.54) is 4.68 Å². The third kappa shape index (κ3) is 3.29. The molecule has 8 nitrogen and oxygen atoms in total. The molecule has 0 radical (unpaired) electrons. The number of hydrogen-bond donors (Lipinski definition) is 1. The van der Waals surface area contributed by atoms with E-state index < -0.39 is 0 Å². The molecule has 3 rings (SSSR count). The predicted octanol–water partition coefficient (Wildman–Crippen LogP) is 2.91. The van der Waals surface area contributed by atoms with Crippen molar-refractivity contribution in [3.8, 4) is 28.8 Å². The second-order valence-electron chi connectivity index (χ2n) is 5.05. The summed E-state index contributed by atoms with van der Waals surface area (Å²) in [6.45, 7) is 0. The molecule has 0 saturated carbocycles. The topological polar surface area (TPSA) is 86.6 Å². The quantitative estimate of drug-likeness (QED) is 0.530. The molecule has 3 aromatic rings. The molecule has 0 amide bonds. The lowest BCUT2D eigenvalue weighted by atomic mass is 10.2. The van der Waals surface area contributed by atoms with Gasteiger partial charge in [-0.15, -0.1) is 0 Å². The summed E-state index contributed by atoms with van der Waals surface area (Å²) < 4.78 is 18.0. The van der Waals surface area contributed by atoms with E-state index in [1.54, 1.807) is 39.8 Å². The van der Waals surface area contributed by atoms with Gasteiger partial charge in [0.2, 0.25) is 16.3 Å². The second kappa shape index (κ2) is 7.79. The van der Waals surface area contributed by atoms with Crippen LogP contribution < -0.4 is 14.2 Å². The third-order valence-electron chi connectivity index (χ3n) is 3.59. The zero-order valence-electron chi connectivity index (χ0n) is 14.5. The minimum atomic E-state index is 0.348. The molecule has 0 unspecified atom stereocenters. The fraction of sp³-hybridized carbons (Fsp3) is 0.176. The Morgan fingerprint density at radius 3 is 2.54 bits per heavy atom. The number of rotatable bonds is 6. The molecule has 0 spiro atoms. The lowest BCUT2D eigenvalue weighted by Crippen LogP contribution is -2.00. The molecule has 2 aromatic heterocycles. The maximum Gasteiger partial charge on any atom is 0.216 e. The van der Waals surface area contributed by atoms with Gasteiger partial charge in [0.05, 0.1) is 27.5 Å². The van der Waals surface area contributed by atoms with E-state index in [0.29, 0.717) is 39.1 Å². The van der Waals surface area contributed by atoms with Crippen molar-refractivity contribution in [2.24, 2.45) is 5.10 Å². The Hall–Kier alpha value is -3.20. The molecule has 0 saturated heterocycles. The lowest BCUT2D eigenvalue weighted by Gasteiger charge is -2.13. The SMILES string of the molecule is COc1ccc(/C=N/n2c(-c3ccccn3)n[nH]c2=S)c(OC)c1OC. The molecule has 2 heterocycles. The number of benzene rings is 1. The fourth-order valence-corrected chi connectivity index (χ4v) is 2.58. The molecule has 0 aliphatic heterocycles. The zero-order valence-corrected chi connectivity index (χ0v) is 15.3. The predicted molar refractivity (Wildman–Crippen MR) is 99.7 cm³/mol. The minimum absolute atomic E-state index is 0.348. The highest BCUT2D eigenvalue weighted by Crippen LogP contribution is 2.39. The molecule has 9 heteroatoms. The summed E-state index contributed by atoms with van der Waals surface area (Å²) in [6, 6.07) is 9.11. The van der Waals surface area contributed by atoms with E-state index in [-0.39, 0.29) is 0 Å². The largest absolute Gasteiger partial charge is 0.493 e. The molecule has 0 aliphatic carbocycles. The summed E-state index contributed by atoms with van der Waals surface area (Å²) in [5.41, 5.74) is 1.34. The fourth-order valence-electron chi connectivity index (χ4n) is 2.41. The van der Waals surface area contributed by atoms with Gasteiger partial charge in [0.25, 0.3) is 0 Å². The van der Waals surface area contributed by atoms with Gasteiger partial charge in [-0.05, 0) is 36.5 Å². The number of methoxy groups -OCH3 is 3. The maximum absolute atomic E-state index is 5.46. The van der Waals surface area contributed by atoms with Gasteiger partial charge in [0.1, 0.15) is 5.69 Å². The minimum Gasteiger partial charge on any atom is -0.493 e. The number of H-pyrrole nitrogens is 1. The van der Waals surface area contributed by atoms with Crippen LogP contribution in [0.4, 0.5) is 0 Å². The number of aromatic nitrogens is 4. The molecule has 0 bridgehead atoms. The van der Waals surface area contributed by atoms with E-state index in [9.17, 15) is 0 Å². The lowest BCUT2D eigenvalue weighted by molar-refractivity contribution is 0.324. The summed E-state index contributed by atoms with van der Waals surface area (Å²) in [7, 11) is 4.67. The van der Waals surface area contributed by atoms with Crippen LogP contribution >= 0.6 is 12.2 Å². The molecule has 0 atom stereocenters. The van der Waals surface area contributed by atoms with Crippen molar-refractivity contribution in [3.63, 3.8) is 0 Å². The zero-order chi connectivity index (χ0) is 18.5. The number of hydrogen-bond acceptors (Lipinski definition) is 7. The summed E-state index contributed by atoms with van der Waals surface area (Å²) in [6.07, 6.45) is 3.29. The van der Waals surface area contributed by atoms with E-state index >= 15 is 0 Å². The van der Waals surface area contributed by atoms with Crippen LogP contribution in [0.3, 0.4) is 0 Å². The van der Waals surface area contributed by atoms with Crippen LogP contribution in [0.5, 0.6) is 17.2 Å². The molecule has 1 N–H and O–H groups in total. The van der Waals surface area contributed by atoms with Crippen LogP contribution in [0.25, 0.3) is 11.5 Å². The first kappa shape index (κ1) is 17.6. The van der Waals surface area contributed by atoms with Gasteiger partial charge in [-0.2, -0.15) is 14.9 Å². The van der Waals surface area contributed by atoms with Gasteiger partial charge in [-0.25, -0.2) is 5.10 Å². The summed E-state index contributed by atoms with van der Waals surface area (Å²) in [4.78, 5) is 4.28. The van der Waals surface area contributed by atoms with Gasteiger partial charge >= 0.3 is 0 Å². The Kier molecular flexibility index (Phi) is 5.28. The Morgan fingerprint density at radius 1 is 1.08 bits per heavy atom. The Balaban J connectivity index is 2.05. The standard InChI is InChI=1S/C17H17N5O3S/c1-23-13-8-7-11(14(24-2)15(13)25-3)10-19-22-16(20-21-17(22)26)12-6-4-5-9-18-12/h4-10H,1-3H3,(H,21,26)/b19-10+. The van der Waals surface area contributed by atoms with Gasteiger partial charge in [-0.3, -0.25) is 4.98 Å². The van der Waals surface area contributed by atoms with Crippen LogP contribution in [-0.2, 0) is 0 Å². The smallest absolute Gasteiger partial charge is 0.216 e. The van der Waals surface area contributed by atoms with Gasteiger partial charge in [0, 0.05) is 11.8 Å². The van der Waals surface area contributed by atoms with Crippen LogP contribution in [-0.4, -0.2) is 47.4 Å². The normalized spacial score (nSPS) is 10.9. The molecule has 0 aliphatic rings. The number of ether oxygens (including phenoxy) is 3. The van der Waals surface area contributed by atoms with Crippen molar-refractivity contribution in [1.29, 1.82) is 0 Å². The van der Waals surface area contributed by atoms with E-state index in [4.69, 9.17) is 26.4 Å². The molecule has 0 fully saturated rings. The monoisotopic (exact) mass is 371 g/mol. The number of nitrogens with zero attached hydrogens (tertiary/aromatic N) is 4. The van der Waals surface area contributed by atoms with Gasteiger partial charge in [0.15, 0.2) is 11.5 Å². The highest BCUT2D eigenvalue weighted by atomic mass is 32.1. The van der Waals surface area contributed by atoms with E-state index in [2.05, 4.69) is 20.3 Å². The highest BCUT2D eigenvalue weighted by Gasteiger charge is 2.15. The van der Waals surface area contributed by atoms with Crippen molar-refractivity contribution in [1.82, 2.24) is 19.9 Å². The van der Waals surface area contributed by atoms with Crippen molar-refractivity contribution < 1.29 is 14.2 Å². The van der Waals surface area contributed by atoms with Gasteiger partial charge < -0.3 is 14.2 Å². The first-order chi connectivity index (χ1) is 12.7. The molecular weight excluding hydrogens is 354 g/mol. The summed E-state index contributed by atoms with van der Waals surface area (Å²) in [5, 5.41) is 11.4. The molecule has 1 aromatic carbocycles. The van der Waals surface area contributed by atoms with E-state index in [0.717, 1.165) is 0 Å². The van der Waals surface area contributed by atoms with Gasteiger partial charge in [-0.1, -0.05) is 6.07 Å². The van der Waals surface area contributed by atoms with Crippen LogP contribution in [0, 0.1) is 4.77 Å². The summed E-state index contributed by atoms with van der Waals surface area (Å²) in [5.74, 6) is 2.06. The maximum atomic E-state index is 5.46. The van der Waals surface area contributed by atoms with Crippen LogP contribution in [0.2, 0.25) is 0 Å². The molecule has 134 valence electrons. The van der Waals surface area contributed by atoms with Crippen molar-refractivity contribution >= 4 is 18.4 Å². The number of pyridine rings is 1. The first-order valence-electron chi connectivity index (χ1n) is 7.61. The number of aromatic amines is 1. The van der Waals surface area contributed by atoms with Crippen molar-refractivity contribution in [3.05, 3.63) is 46.9 Å². The molecular formula is C17H17N5O3S. The van der Waals surface area contributed by atoms with Crippen LogP contribution in [0.15, 0.2) is 41.6 Å². The van der Waals surface area contributed by atoms with Crippen molar-refractivity contribution in [2.75, 3.05) is 21.3 Å². The van der Waals surface area contributed by atoms with E-state index in [1.807, 2.05) is 24.3 Å². The highest BCUT2D eigenvalue weighted by molar-refractivity contribution is 7.71. The number of nitrogens with one attached hydrogen (secondary N) is 1. The Bertz CT molecular complexity index is 982. The van der Waals surface area contributed by atoms with Crippen molar-refractivity contribution in [2.45, 2.75) is 0 Å². The Morgan fingerprint density at radius 2 is 1.88 bits per heavy atom. The third-order valence-corrected chi connectivity index (χ3v) is 3.86. The second-order valence-corrected chi connectivity index (χ2v) is 5.43. The van der Waals surface area contributed by atoms with Crippen LogP contribution in [0.1, 0.15) is 5.56 Å². The Labute approximate surface area is 155 Å². The molecule has 26 heavy (non-hydrogen) atoms. The first-order valence-corrected chi connectivity index (χ1v) is 8.02.